The Labute approximate surface area is 191 Å². The van der Waals surface area contributed by atoms with Crippen molar-refractivity contribution >= 4 is 18.0 Å². The molecule has 2 aliphatic rings. The van der Waals surface area contributed by atoms with Crippen molar-refractivity contribution in [3.05, 3.63) is 0 Å². The van der Waals surface area contributed by atoms with Gasteiger partial charge in [-0.25, -0.2) is 9.59 Å². The van der Waals surface area contributed by atoms with Gasteiger partial charge in [-0.3, -0.25) is 14.6 Å². The average Bonchev–Trinajstić information content (AvgIpc) is 3.04. The summed E-state index contributed by atoms with van der Waals surface area (Å²) in [6, 6.07) is -1.06. The Balaban J connectivity index is 2.09. The van der Waals surface area contributed by atoms with Crippen LogP contribution >= 0.6 is 0 Å². The molecular weight excluding hydrogens is 416 g/mol. The fourth-order valence-corrected chi connectivity index (χ4v) is 3.95. The number of hydrogen-bond acceptors (Lipinski definition) is 7. The molecule has 0 aromatic rings. The normalized spacial score (nSPS) is 25.1. The molecule has 9 heteroatoms. The number of carbonyl (C=O) groups is 3. The van der Waals surface area contributed by atoms with Crippen LogP contribution in [-0.2, 0) is 23.7 Å². The lowest BCUT2D eigenvalue weighted by atomic mass is 10.0. The molecular formula is C23H40N2O7. The maximum Gasteiger partial charge on any atom is 0.413 e. The van der Waals surface area contributed by atoms with Crippen molar-refractivity contribution in [2.45, 2.75) is 117 Å². The zero-order chi connectivity index (χ0) is 24.7. The smallest absolute Gasteiger partial charge is 0.413 e. The van der Waals surface area contributed by atoms with Gasteiger partial charge in [0.2, 0.25) is 0 Å². The van der Waals surface area contributed by atoms with Gasteiger partial charge in [-0.1, -0.05) is 0 Å². The van der Waals surface area contributed by atoms with E-state index in [-0.39, 0.29) is 24.9 Å². The van der Waals surface area contributed by atoms with Crippen molar-refractivity contribution in [3.63, 3.8) is 0 Å². The molecule has 9 nitrogen and oxygen atoms in total. The van der Waals surface area contributed by atoms with Crippen LogP contribution in [0.1, 0.15) is 82.1 Å². The molecule has 2 atom stereocenters. The summed E-state index contributed by atoms with van der Waals surface area (Å²) in [4.78, 5) is 41.7. The Morgan fingerprint density at radius 3 is 1.75 bits per heavy atom. The molecule has 2 saturated heterocycles. The number of rotatable bonds is 4. The largest absolute Gasteiger partial charge is 0.444 e. The highest BCUT2D eigenvalue weighted by atomic mass is 16.6. The first-order valence-corrected chi connectivity index (χ1v) is 11.2. The van der Waals surface area contributed by atoms with Crippen molar-refractivity contribution in [1.82, 2.24) is 9.80 Å². The number of ketones is 1. The van der Waals surface area contributed by atoms with Crippen LogP contribution in [0, 0.1) is 0 Å². The summed E-state index contributed by atoms with van der Waals surface area (Å²) >= 11 is 0. The maximum absolute atomic E-state index is 13.1. The lowest BCUT2D eigenvalue weighted by molar-refractivity contribution is -0.125. The van der Waals surface area contributed by atoms with E-state index in [2.05, 4.69) is 0 Å². The van der Waals surface area contributed by atoms with Crippen molar-refractivity contribution in [3.8, 4) is 0 Å². The number of nitrogens with zero attached hydrogens (tertiary/aromatic N) is 2. The SMILES string of the molecule is CC(C)(C)OC(=O)N1[C@H](CCC(=O)[C@@H]2COC(C)(C)N2C(=O)OC(C)(C)C)COC1(C)C. The number of carbonyl (C=O) groups excluding carboxylic acids is 3. The molecule has 0 N–H and O–H groups in total. The van der Waals surface area contributed by atoms with Crippen LogP contribution in [0.25, 0.3) is 0 Å². The number of amides is 2. The van der Waals surface area contributed by atoms with E-state index in [0.717, 1.165) is 0 Å². The molecule has 0 unspecified atom stereocenters. The quantitative estimate of drug-likeness (QED) is 0.629. The van der Waals surface area contributed by atoms with Crippen molar-refractivity contribution in [2.75, 3.05) is 13.2 Å². The third-order valence-electron chi connectivity index (χ3n) is 5.34. The van der Waals surface area contributed by atoms with E-state index in [1.54, 1.807) is 74.1 Å². The first-order chi connectivity index (χ1) is 14.3. The predicted molar refractivity (Wildman–Crippen MR) is 118 cm³/mol. The molecule has 2 aliphatic heterocycles. The molecule has 2 rings (SSSR count). The van der Waals surface area contributed by atoms with Crippen LogP contribution in [-0.4, -0.2) is 75.7 Å². The van der Waals surface area contributed by atoms with E-state index in [4.69, 9.17) is 18.9 Å². The van der Waals surface area contributed by atoms with Crippen LogP contribution in [0.15, 0.2) is 0 Å². The molecule has 0 bridgehead atoms. The molecule has 184 valence electrons. The van der Waals surface area contributed by atoms with E-state index in [0.29, 0.717) is 13.0 Å². The molecule has 0 spiro atoms. The van der Waals surface area contributed by atoms with E-state index in [1.165, 1.54) is 4.90 Å². The zero-order valence-electron chi connectivity index (χ0n) is 21.2. The topological polar surface area (TPSA) is 94.6 Å². The van der Waals surface area contributed by atoms with E-state index in [1.807, 2.05) is 0 Å². The number of Topliss-reactive ketones (excluding diaryl/α,β-unsaturated/α-hetero) is 1. The molecule has 0 aromatic carbocycles. The minimum absolute atomic E-state index is 0.105. The summed E-state index contributed by atoms with van der Waals surface area (Å²) in [7, 11) is 0. The van der Waals surface area contributed by atoms with Gasteiger partial charge in [-0.15, -0.1) is 0 Å². The van der Waals surface area contributed by atoms with Gasteiger partial charge in [0.05, 0.1) is 19.3 Å². The van der Waals surface area contributed by atoms with Crippen LogP contribution in [0.5, 0.6) is 0 Å². The summed E-state index contributed by atoms with van der Waals surface area (Å²) in [5, 5.41) is 0. The summed E-state index contributed by atoms with van der Waals surface area (Å²) < 4.78 is 22.6. The van der Waals surface area contributed by atoms with Gasteiger partial charge in [-0.05, 0) is 75.7 Å². The second-order valence-corrected chi connectivity index (χ2v) is 11.4. The number of ether oxygens (including phenoxy) is 4. The Hall–Kier alpha value is -1.87. The van der Waals surface area contributed by atoms with Gasteiger partial charge in [-0.2, -0.15) is 0 Å². The summed E-state index contributed by atoms with van der Waals surface area (Å²) in [6.07, 6.45) is -0.509. The third-order valence-corrected chi connectivity index (χ3v) is 5.34. The molecule has 0 saturated carbocycles. The van der Waals surface area contributed by atoms with Crippen LogP contribution in [0.3, 0.4) is 0 Å². The zero-order valence-corrected chi connectivity index (χ0v) is 21.2. The lowest BCUT2D eigenvalue weighted by Crippen LogP contribution is -2.52. The van der Waals surface area contributed by atoms with E-state index in [9.17, 15) is 14.4 Å². The highest BCUT2D eigenvalue weighted by molar-refractivity contribution is 5.88. The summed E-state index contributed by atoms with van der Waals surface area (Å²) in [5.74, 6) is -0.143. The minimum Gasteiger partial charge on any atom is -0.444 e. The molecule has 2 heterocycles. The van der Waals surface area contributed by atoms with Gasteiger partial charge in [0.15, 0.2) is 5.78 Å². The van der Waals surface area contributed by atoms with Crippen LogP contribution < -0.4 is 0 Å². The summed E-state index contributed by atoms with van der Waals surface area (Å²) in [6.45, 7) is 18.2. The van der Waals surface area contributed by atoms with Gasteiger partial charge in [0.1, 0.15) is 28.7 Å². The average molecular weight is 457 g/mol. The van der Waals surface area contributed by atoms with E-state index >= 15 is 0 Å². The Morgan fingerprint density at radius 2 is 1.25 bits per heavy atom. The Bertz CT molecular complexity index is 734. The molecule has 2 amide bonds. The van der Waals surface area contributed by atoms with Gasteiger partial charge in [0, 0.05) is 6.42 Å². The highest BCUT2D eigenvalue weighted by Gasteiger charge is 2.49. The molecule has 0 radical (unpaired) electrons. The van der Waals surface area contributed by atoms with Gasteiger partial charge < -0.3 is 18.9 Å². The van der Waals surface area contributed by atoms with Crippen molar-refractivity contribution in [1.29, 1.82) is 0 Å². The van der Waals surface area contributed by atoms with Crippen LogP contribution in [0.2, 0.25) is 0 Å². The second kappa shape index (κ2) is 8.82. The lowest BCUT2D eigenvalue weighted by Gasteiger charge is -2.35. The fourth-order valence-electron chi connectivity index (χ4n) is 3.95. The van der Waals surface area contributed by atoms with Crippen LogP contribution in [0.4, 0.5) is 9.59 Å². The molecule has 0 aliphatic carbocycles. The number of hydrogen-bond donors (Lipinski definition) is 0. The first kappa shape index (κ1) is 26.4. The standard InChI is InChI=1S/C23H40N2O7/c1-20(2,3)31-18(27)24-15(13-29-22(24,7)8)11-12-17(26)16-14-30-23(9,10)25(16)19(28)32-21(4,5)6/h15-16H,11-14H2,1-10H3/t15-,16+/m1/s1. The highest BCUT2D eigenvalue weighted by Crippen LogP contribution is 2.33. The second-order valence-electron chi connectivity index (χ2n) is 11.4. The molecule has 0 aromatic heterocycles. The van der Waals surface area contributed by atoms with E-state index < -0.39 is 40.9 Å². The first-order valence-electron chi connectivity index (χ1n) is 11.2. The Morgan fingerprint density at radius 1 is 0.812 bits per heavy atom. The Kier molecular flexibility index (Phi) is 7.27. The third kappa shape index (κ3) is 6.34. The molecule has 2 fully saturated rings. The minimum atomic E-state index is -0.955. The fraction of sp³-hybridized carbons (Fsp3) is 0.870. The predicted octanol–water partition coefficient (Wildman–Crippen LogP) is 4.08. The monoisotopic (exact) mass is 456 g/mol. The van der Waals surface area contributed by atoms with Crippen molar-refractivity contribution < 1.29 is 33.3 Å². The van der Waals surface area contributed by atoms with Gasteiger partial charge in [0.25, 0.3) is 0 Å². The molecule has 32 heavy (non-hydrogen) atoms. The van der Waals surface area contributed by atoms with Crippen molar-refractivity contribution in [2.24, 2.45) is 0 Å². The van der Waals surface area contributed by atoms with Gasteiger partial charge >= 0.3 is 12.2 Å². The summed E-state index contributed by atoms with van der Waals surface area (Å²) in [5.41, 5.74) is -3.12. The maximum atomic E-state index is 13.1.